The van der Waals surface area contributed by atoms with Gasteiger partial charge in [0.15, 0.2) is 0 Å². The zero-order valence-corrected chi connectivity index (χ0v) is 10.9. The zero-order valence-electron chi connectivity index (χ0n) is 10.9. The lowest BCUT2D eigenvalue weighted by atomic mass is 10.1. The third kappa shape index (κ3) is 3.21. The van der Waals surface area contributed by atoms with Crippen LogP contribution in [-0.4, -0.2) is 48.6 Å². The van der Waals surface area contributed by atoms with E-state index in [0.717, 1.165) is 37.1 Å². The summed E-state index contributed by atoms with van der Waals surface area (Å²) in [6, 6.07) is 6.06. The Morgan fingerprint density at radius 3 is 2.78 bits per heavy atom. The van der Waals surface area contributed by atoms with E-state index in [2.05, 4.69) is 33.3 Å². The smallest absolute Gasteiger partial charge is 0.318 e. The number of aromatic nitrogens is 2. The number of nitrogens with zero attached hydrogens (tertiary/aromatic N) is 1. The predicted octanol–water partition coefficient (Wildman–Crippen LogP) is 0.550. The molecule has 1 aromatic heterocycles. The van der Waals surface area contributed by atoms with E-state index in [-0.39, 0.29) is 5.69 Å². The van der Waals surface area contributed by atoms with E-state index < -0.39 is 0 Å². The average Bonchev–Trinajstić information content (AvgIpc) is 2.73. The van der Waals surface area contributed by atoms with Gasteiger partial charge < -0.3 is 20.2 Å². The van der Waals surface area contributed by atoms with Crippen LogP contribution in [0, 0.1) is 0 Å². The van der Waals surface area contributed by atoms with Gasteiger partial charge in [-0.05, 0) is 38.2 Å². The summed E-state index contributed by atoms with van der Waals surface area (Å²) >= 11 is 0. The molecule has 0 atom stereocenters. The van der Waals surface area contributed by atoms with Crippen molar-refractivity contribution in [1.29, 1.82) is 0 Å². The van der Waals surface area contributed by atoms with Gasteiger partial charge in [-0.1, -0.05) is 6.07 Å². The van der Waals surface area contributed by atoms with Crippen LogP contribution in [0.25, 0.3) is 11.0 Å². The summed E-state index contributed by atoms with van der Waals surface area (Å²) in [4.78, 5) is 19.0. The van der Waals surface area contributed by atoms with Gasteiger partial charge in [0.2, 0.25) is 0 Å². The summed E-state index contributed by atoms with van der Waals surface area (Å²) in [6.07, 6.45) is 0.989. The molecule has 0 bridgehead atoms. The molecular formula is C13H20N4O. The Hall–Kier alpha value is -1.59. The molecule has 0 saturated carbocycles. The number of H-pyrrole nitrogens is 2. The summed E-state index contributed by atoms with van der Waals surface area (Å²) < 4.78 is 0. The van der Waals surface area contributed by atoms with Crippen LogP contribution in [0.5, 0.6) is 0 Å². The number of benzene rings is 1. The number of nitrogens with one attached hydrogen (secondary N) is 3. The molecular weight excluding hydrogens is 228 g/mol. The van der Waals surface area contributed by atoms with Crippen molar-refractivity contribution < 1.29 is 0 Å². The average molecular weight is 248 g/mol. The Labute approximate surface area is 106 Å². The molecule has 0 aliphatic carbocycles. The molecule has 0 saturated heterocycles. The molecule has 3 N–H and O–H groups in total. The lowest BCUT2D eigenvalue weighted by Gasteiger charge is -2.16. The molecule has 2 aromatic rings. The number of fused-ring (bicyclic) bond motifs is 1. The molecule has 0 spiro atoms. The molecule has 0 aliphatic heterocycles. The highest BCUT2D eigenvalue weighted by molar-refractivity contribution is 5.74. The maximum Gasteiger partial charge on any atom is 0.323 e. The summed E-state index contributed by atoms with van der Waals surface area (Å²) in [7, 11) is 4.08. The Bertz CT molecular complexity index is 557. The first-order chi connectivity index (χ1) is 8.69. The Kier molecular flexibility index (Phi) is 4.17. The fourth-order valence-electron chi connectivity index (χ4n) is 1.97. The van der Waals surface area contributed by atoms with Gasteiger partial charge in [0, 0.05) is 19.6 Å². The van der Waals surface area contributed by atoms with Crippen molar-refractivity contribution in [3.05, 3.63) is 34.2 Å². The molecule has 0 aliphatic rings. The quantitative estimate of drug-likeness (QED) is 0.699. The van der Waals surface area contributed by atoms with Gasteiger partial charge in [-0.25, -0.2) is 4.79 Å². The molecule has 5 heteroatoms. The van der Waals surface area contributed by atoms with E-state index in [0.29, 0.717) is 0 Å². The van der Waals surface area contributed by atoms with Crippen molar-refractivity contribution in [1.82, 2.24) is 20.2 Å². The Morgan fingerprint density at radius 2 is 2.00 bits per heavy atom. The Balaban J connectivity index is 1.97. The van der Waals surface area contributed by atoms with Crippen LogP contribution < -0.4 is 11.0 Å². The number of aromatic amines is 2. The third-order valence-corrected chi connectivity index (χ3v) is 3.11. The van der Waals surface area contributed by atoms with Crippen molar-refractivity contribution >= 4 is 11.0 Å². The van der Waals surface area contributed by atoms with Gasteiger partial charge in [-0.15, -0.1) is 0 Å². The zero-order chi connectivity index (χ0) is 13.0. The van der Waals surface area contributed by atoms with Gasteiger partial charge in [0.05, 0.1) is 11.0 Å². The number of likely N-dealkylation sites (N-methyl/N-ethyl adjacent to an activating group) is 2. The van der Waals surface area contributed by atoms with E-state index in [4.69, 9.17) is 0 Å². The lowest BCUT2D eigenvalue weighted by Crippen LogP contribution is -2.29. The van der Waals surface area contributed by atoms with E-state index in [1.165, 1.54) is 5.56 Å². The van der Waals surface area contributed by atoms with Crippen LogP contribution in [0.3, 0.4) is 0 Å². The van der Waals surface area contributed by atoms with E-state index in [9.17, 15) is 4.79 Å². The van der Waals surface area contributed by atoms with Gasteiger partial charge in [0.1, 0.15) is 0 Å². The molecule has 98 valence electrons. The highest BCUT2D eigenvalue weighted by Crippen LogP contribution is 2.10. The van der Waals surface area contributed by atoms with Crippen molar-refractivity contribution in [2.45, 2.75) is 6.42 Å². The van der Waals surface area contributed by atoms with E-state index in [1.807, 2.05) is 19.2 Å². The normalized spacial score (nSPS) is 11.5. The second kappa shape index (κ2) is 5.84. The second-order valence-electron chi connectivity index (χ2n) is 4.62. The number of hydrogen-bond donors (Lipinski definition) is 3. The van der Waals surface area contributed by atoms with Crippen LogP contribution in [0.1, 0.15) is 5.56 Å². The van der Waals surface area contributed by atoms with Gasteiger partial charge in [-0.2, -0.15) is 0 Å². The van der Waals surface area contributed by atoms with Gasteiger partial charge >= 0.3 is 5.69 Å². The van der Waals surface area contributed by atoms with Crippen molar-refractivity contribution in [3.63, 3.8) is 0 Å². The molecule has 5 nitrogen and oxygen atoms in total. The fourth-order valence-corrected chi connectivity index (χ4v) is 1.97. The summed E-state index contributed by atoms with van der Waals surface area (Å²) in [5.41, 5.74) is 2.85. The highest BCUT2D eigenvalue weighted by atomic mass is 16.1. The largest absolute Gasteiger partial charge is 0.323 e. The molecule has 0 radical (unpaired) electrons. The molecule has 0 amide bonds. The molecule has 0 unspecified atom stereocenters. The maximum absolute atomic E-state index is 11.2. The van der Waals surface area contributed by atoms with Crippen LogP contribution in [0.4, 0.5) is 0 Å². The van der Waals surface area contributed by atoms with Crippen molar-refractivity contribution in [2.24, 2.45) is 0 Å². The molecule has 18 heavy (non-hydrogen) atoms. The first-order valence-corrected chi connectivity index (χ1v) is 6.23. The van der Waals surface area contributed by atoms with Crippen LogP contribution >= 0.6 is 0 Å². The minimum absolute atomic E-state index is 0.145. The van der Waals surface area contributed by atoms with E-state index in [1.54, 1.807) is 0 Å². The van der Waals surface area contributed by atoms with Crippen LogP contribution in [0.2, 0.25) is 0 Å². The summed E-state index contributed by atoms with van der Waals surface area (Å²) in [6.45, 7) is 3.06. The highest BCUT2D eigenvalue weighted by Gasteiger charge is 2.02. The number of hydrogen-bond acceptors (Lipinski definition) is 3. The molecule has 2 rings (SSSR count). The monoisotopic (exact) mass is 248 g/mol. The summed E-state index contributed by atoms with van der Waals surface area (Å²) in [5, 5.41) is 3.14. The lowest BCUT2D eigenvalue weighted by molar-refractivity contribution is 0.339. The molecule has 0 fully saturated rings. The topological polar surface area (TPSA) is 63.9 Å². The minimum Gasteiger partial charge on any atom is -0.318 e. The standard InChI is InChI=1S/C13H20N4O/c1-14-6-8-17(2)7-5-10-3-4-11-12(9-10)16-13(18)15-11/h3-4,9,14H,5-8H2,1-2H3,(H2,15,16,18). The predicted molar refractivity (Wildman–Crippen MR) is 74.0 cm³/mol. The SMILES string of the molecule is CNCCN(C)CCc1ccc2[nH]c(=O)[nH]c2c1. The van der Waals surface area contributed by atoms with Gasteiger partial charge in [0.25, 0.3) is 0 Å². The third-order valence-electron chi connectivity index (χ3n) is 3.11. The summed E-state index contributed by atoms with van der Waals surface area (Å²) in [5.74, 6) is 0. The number of rotatable bonds is 6. The van der Waals surface area contributed by atoms with Gasteiger partial charge in [-0.3, -0.25) is 0 Å². The van der Waals surface area contributed by atoms with E-state index >= 15 is 0 Å². The molecule has 1 heterocycles. The van der Waals surface area contributed by atoms with Crippen LogP contribution in [0.15, 0.2) is 23.0 Å². The maximum atomic E-state index is 11.2. The van der Waals surface area contributed by atoms with Crippen molar-refractivity contribution in [2.75, 3.05) is 33.7 Å². The van der Waals surface area contributed by atoms with Crippen molar-refractivity contribution in [3.8, 4) is 0 Å². The fraction of sp³-hybridized carbons (Fsp3) is 0.462. The number of imidazole rings is 1. The molecule has 1 aromatic carbocycles. The minimum atomic E-state index is -0.145. The Morgan fingerprint density at radius 1 is 1.22 bits per heavy atom. The van der Waals surface area contributed by atoms with Crippen LogP contribution in [-0.2, 0) is 6.42 Å². The first kappa shape index (κ1) is 12.9. The second-order valence-corrected chi connectivity index (χ2v) is 4.62. The first-order valence-electron chi connectivity index (χ1n) is 6.23.